The highest BCUT2D eigenvalue weighted by Gasteiger charge is 2.09. The van der Waals surface area contributed by atoms with Gasteiger partial charge < -0.3 is 5.32 Å². The highest BCUT2D eigenvalue weighted by molar-refractivity contribution is 5.94. The first-order chi connectivity index (χ1) is 13.6. The van der Waals surface area contributed by atoms with Crippen LogP contribution >= 0.6 is 0 Å². The number of carbonyl (C=O) groups is 1. The van der Waals surface area contributed by atoms with Crippen molar-refractivity contribution in [3.63, 3.8) is 0 Å². The van der Waals surface area contributed by atoms with Gasteiger partial charge in [-0.1, -0.05) is 6.07 Å². The van der Waals surface area contributed by atoms with Crippen LogP contribution in [0.15, 0.2) is 73.1 Å². The Hall–Kier alpha value is -3.67. The molecule has 0 aliphatic rings. The minimum absolute atomic E-state index is 0.0867. The predicted molar refractivity (Wildman–Crippen MR) is 104 cm³/mol. The second-order valence-corrected chi connectivity index (χ2v) is 6.29. The molecule has 0 saturated heterocycles. The van der Waals surface area contributed by atoms with Crippen LogP contribution in [0.4, 0.5) is 14.5 Å². The molecule has 0 atom stereocenters. The van der Waals surface area contributed by atoms with Crippen molar-refractivity contribution in [3.8, 4) is 11.1 Å². The van der Waals surface area contributed by atoms with Gasteiger partial charge in [-0.15, -0.1) is 0 Å². The lowest BCUT2D eigenvalue weighted by atomic mass is 10.0. The van der Waals surface area contributed by atoms with E-state index in [4.69, 9.17) is 0 Å². The Morgan fingerprint density at radius 2 is 1.68 bits per heavy atom. The molecule has 2 aromatic carbocycles. The van der Waals surface area contributed by atoms with Crippen molar-refractivity contribution >= 4 is 22.5 Å². The van der Waals surface area contributed by atoms with Gasteiger partial charge in [0.1, 0.15) is 11.6 Å². The van der Waals surface area contributed by atoms with E-state index >= 15 is 0 Å². The average molecular weight is 375 g/mol. The Morgan fingerprint density at radius 3 is 2.43 bits per heavy atom. The number of hydrogen-bond donors (Lipinski definition) is 1. The van der Waals surface area contributed by atoms with Crippen molar-refractivity contribution in [2.45, 2.75) is 6.42 Å². The molecule has 6 heteroatoms. The maximum atomic E-state index is 13.6. The van der Waals surface area contributed by atoms with Gasteiger partial charge in [-0.3, -0.25) is 14.8 Å². The summed E-state index contributed by atoms with van der Waals surface area (Å²) in [6, 6.07) is 15.4. The molecule has 4 nitrogen and oxygen atoms in total. The molecule has 0 saturated carbocycles. The number of aromatic nitrogens is 2. The van der Waals surface area contributed by atoms with Crippen molar-refractivity contribution in [3.05, 3.63) is 90.4 Å². The lowest BCUT2D eigenvalue weighted by Gasteiger charge is -2.08. The summed E-state index contributed by atoms with van der Waals surface area (Å²) in [5.41, 5.74) is 3.43. The zero-order valence-corrected chi connectivity index (χ0v) is 14.7. The van der Waals surface area contributed by atoms with Gasteiger partial charge >= 0.3 is 0 Å². The highest BCUT2D eigenvalue weighted by Crippen LogP contribution is 2.27. The van der Waals surface area contributed by atoms with E-state index in [2.05, 4.69) is 15.3 Å². The van der Waals surface area contributed by atoms with Crippen molar-refractivity contribution in [2.75, 3.05) is 5.32 Å². The number of rotatable bonds is 4. The number of hydrogen-bond acceptors (Lipinski definition) is 3. The molecule has 2 heterocycles. The Kier molecular flexibility index (Phi) is 4.76. The normalized spacial score (nSPS) is 10.8. The van der Waals surface area contributed by atoms with Crippen molar-refractivity contribution in [1.82, 2.24) is 9.97 Å². The SMILES string of the molecule is O=C(Cc1ccc(-c2ccnc3ccc(F)cc23)cn1)Nc1ccc(F)cc1. The van der Waals surface area contributed by atoms with E-state index in [1.54, 1.807) is 30.6 Å². The summed E-state index contributed by atoms with van der Waals surface area (Å²) in [4.78, 5) is 20.7. The van der Waals surface area contributed by atoms with Gasteiger partial charge in [0.25, 0.3) is 0 Å². The van der Waals surface area contributed by atoms with Crippen LogP contribution in [0, 0.1) is 11.6 Å². The third-order valence-corrected chi connectivity index (χ3v) is 4.31. The van der Waals surface area contributed by atoms with Gasteiger partial charge in [0.15, 0.2) is 0 Å². The minimum atomic E-state index is -0.362. The third kappa shape index (κ3) is 3.86. The summed E-state index contributed by atoms with van der Waals surface area (Å²) in [6.45, 7) is 0. The molecular weight excluding hydrogens is 360 g/mol. The van der Waals surface area contributed by atoms with E-state index < -0.39 is 0 Å². The largest absolute Gasteiger partial charge is 0.326 e. The van der Waals surface area contributed by atoms with Crippen molar-refractivity contribution in [1.29, 1.82) is 0 Å². The molecule has 2 aromatic heterocycles. The fourth-order valence-electron chi connectivity index (χ4n) is 2.96. The maximum absolute atomic E-state index is 13.6. The zero-order chi connectivity index (χ0) is 19.5. The van der Waals surface area contributed by atoms with E-state index in [9.17, 15) is 13.6 Å². The second kappa shape index (κ2) is 7.52. The molecule has 4 rings (SSSR count). The van der Waals surface area contributed by atoms with Crippen LogP contribution in [0.2, 0.25) is 0 Å². The number of benzene rings is 2. The first kappa shape index (κ1) is 17.7. The van der Waals surface area contributed by atoms with Crippen LogP contribution in [-0.4, -0.2) is 15.9 Å². The minimum Gasteiger partial charge on any atom is -0.326 e. The standard InChI is InChI=1S/C22H15F2N3O/c23-15-2-6-17(7-3-15)27-22(28)12-18-5-1-14(13-26-18)19-9-10-25-21-8-4-16(24)11-20(19)21/h1-11,13H,12H2,(H,27,28). The summed E-state index contributed by atoms with van der Waals surface area (Å²) >= 11 is 0. The van der Waals surface area contributed by atoms with E-state index in [-0.39, 0.29) is 24.0 Å². The van der Waals surface area contributed by atoms with Gasteiger partial charge in [0.2, 0.25) is 5.91 Å². The molecule has 0 fully saturated rings. The number of nitrogens with zero attached hydrogens (tertiary/aromatic N) is 2. The van der Waals surface area contributed by atoms with Gasteiger partial charge in [-0.2, -0.15) is 0 Å². The molecular formula is C22H15F2N3O. The number of nitrogens with one attached hydrogen (secondary N) is 1. The van der Waals surface area contributed by atoms with Crippen LogP contribution in [0.3, 0.4) is 0 Å². The second-order valence-electron chi connectivity index (χ2n) is 6.29. The maximum Gasteiger partial charge on any atom is 0.230 e. The highest BCUT2D eigenvalue weighted by atomic mass is 19.1. The Labute approximate surface area is 159 Å². The Bertz CT molecular complexity index is 1140. The average Bonchev–Trinajstić information content (AvgIpc) is 2.70. The topological polar surface area (TPSA) is 54.9 Å². The molecule has 1 N–H and O–H groups in total. The number of halogens is 2. The van der Waals surface area contributed by atoms with Crippen LogP contribution in [0.1, 0.15) is 5.69 Å². The number of pyridine rings is 2. The fraction of sp³-hybridized carbons (Fsp3) is 0.0455. The van der Waals surface area contributed by atoms with Gasteiger partial charge in [0.05, 0.1) is 11.9 Å². The van der Waals surface area contributed by atoms with Gasteiger partial charge in [-0.25, -0.2) is 8.78 Å². The zero-order valence-electron chi connectivity index (χ0n) is 14.7. The quantitative estimate of drug-likeness (QED) is 0.560. The molecule has 0 unspecified atom stereocenters. The van der Waals surface area contributed by atoms with Gasteiger partial charge in [0, 0.05) is 34.7 Å². The van der Waals surface area contributed by atoms with E-state index in [1.165, 1.54) is 36.4 Å². The molecule has 138 valence electrons. The van der Waals surface area contributed by atoms with Crippen molar-refractivity contribution < 1.29 is 13.6 Å². The summed E-state index contributed by atoms with van der Waals surface area (Å²) in [6.07, 6.45) is 3.41. The lowest BCUT2D eigenvalue weighted by Crippen LogP contribution is -2.15. The first-order valence-electron chi connectivity index (χ1n) is 8.63. The summed E-state index contributed by atoms with van der Waals surface area (Å²) < 4.78 is 26.6. The lowest BCUT2D eigenvalue weighted by molar-refractivity contribution is -0.115. The Balaban J connectivity index is 1.52. The number of anilines is 1. The molecule has 0 radical (unpaired) electrons. The number of fused-ring (bicyclic) bond motifs is 1. The molecule has 1 amide bonds. The van der Waals surface area contributed by atoms with Crippen LogP contribution in [0.25, 0.3) is 22.0 Å². The van der Waals surface area contributed by atoms with Crippen molar-refractivity contribution in [2.24, 2.45) is 0 Å². The van der Waals surface area contributed by atoms with Crippen LogP contribution in [0.5, 0.6) is 0 Å². The fourth-order valence-corrected chi connectivity index (χ4v) is 2.96. The monoisotopic (exact) mass is 375 g/mol. The summed E-state index contributed by atoms with van der Waals surface area (Å²) in [7, 11) is 0. The molecule has 0 aliphatic heterocycles. The third-order valence-electron chi connectivity index (χ3n) is 4.31. The van der Waals surface area contributed by atoms with Gasteiger partial charge in [-0.05, 0) is 60.2 Å². The van der Waals surface area contributed by atoms with E-state index in [0.717, 1.165) is 11.1 Å². The molecule has 0 spiro atoms. The number of amides is 1. The first-order valence-corrected chi connectivity index (χ1v) is 8.63. The van der Waals surface area contributed by atoms with Crippen LogP contribution < -0.4 is 5.32 Å². The summed E-state index contributed by atoms with van der Waals surface area (Å²) in [5.74, 6) is -0.939. The Morgan fingerprint density at radius 1 is 0.893 bits per heavy atom. The smallest absolute Gasteiger partial charge is 0.230 e. The van der Waals surface area contributed by atoms with E-state index in [0.29, 0.717) is 22.3 Å². The van der Waals surface area contributed by atoms with Crippen LogP contribution in [-0.2, 0) is 11.2 Å². The molecule has 0 bridgehead atoms. The molecule has 4 aromatic rings. The molecule has 28 heavy (non-hydrogen) atoms. The summed E-state index contributed by atoms with van der Waals surface area (Å²) in [5, 5.41) is 3.40. The number of carbonyl (C=O) groups excluding carboxylic acids is 1. The molecule has 0 aliphatic carbocycles. The van der Waals surface area contributed by atoms with E-state index in [1.807, 2.05) is 6.07 Å². The predicted octanol–water partition coefficient (Wildman–Crippen LogP) is 4.76.